The smallest absolute Gasteiger partial charge is 0.234 e. The van der Waals surface area contributed by atoms with E-state index < -0.39 is 0 Å². The van der Waals surface area contributed by atoms with Gasteiger partial charge < -0.3 is 11.1 Å². The average Bonchev–Trinajstić information content (AvgIpc) is 2.95. The van der Waals surface area contributed by atoms with E-state index >= 15 is 0 Å². The van der Waals surface area contributed by atoms with E-state index in [2.05, 4.69) is 10.2 Å². The SMILES string of the molecule is CN(CC(=O)NCc1ccc(Cl)cc1)C1CCCC1CN. The van der Waals surface area contributed by atoms with Crippen LogP contribution in [0.15, 0.2) is 24.3 Å². The molecule has 1 saturated carbocycles. The molecule has 1 aliphatic carbocycles. The van der Waals surface area contributed by atoms with E-state index in [9.17, 15) is 4.79 Å². The van der Waals surface area contributed by atoms with Gasteiger partial charge in [0.2, 0.25) is 5.91 Å². The molecule has 0 aliphatic heterocycles. The molecule has 0 bridgehead atoms. The molecule has 1 aliphatic rings. The normalized spacial score (nSPS) is 21.7. The predicted molar refractivity (Wildman–Crippen MR) is 86.1 cm³/mol. The second-order valence-electron chi connectivity index (χ2n) is 5.81. The molecule has 1 amide bonds. The lowest BCUT2D eigenvalue weighted by atomic mass is 10.0. The molecule has 1 aromatic carbocycles. The fourth-order valence-corrected chi connectivity index (χ4v) is 3.20. The highest BCUT2D eigenvalue weighted by Crippen LogP contribution is 2.28. The van der Waals surface area contributed by atoms with E-state index in [1.54, 1.807) is 0 Å². The van der Waals surface area contributed by atoms with E-state index in [0.29, 0.717) is 36.6 Å². The number of nitrogens with one attached hydrogen (secondary N) is 1. The second-order valence-corrected chi connectivity index (χ2v) is 6.25. The second kappa shape index (κ2) is 7.78. The third kappa shape index (κ3) is 4.70. The highest BCUT2D eigenvalue weighted by Gasteiger charge is 2.29. The van der Waals surface area contributed by atoms with E-state index in [0.717, 1.165) is 12.0 Å². The van der Waals surface area contributed by atoms with E-state index in [1.165, 1.54) is 12.8 Å². The van der Waals surface area contributed by atoms with E-state index in [4.69, 9.17) is 17.3 Å². The lowest BCUT2D eigenvalue weighted by Crippen LogP contribution is -2.43. The third-order valence-corrected chi connectivity index (χ3v) is 4.54. The van der Waals surface area contributed by atoms with E-state index in [-0.39, 0.29) is 5.91 Å². The molecule has 116 valence electrons. The van der Waals surface area contributed by atoms with E-state index in [1.807, 2.05) is 31.3 Å². The Morgan fingerprint density at radius 1 is 1.38 bits per heavy atom. The minimum atomic E-state index is 0.0510. The summed E-state index contributed by atoms with van der Waals surface area (Å²) in [5, 5.41) is 3.66. The molecule has 0 spiro atoms. The number of nitrogens with two attached hydrogens (primary N) is 1. The first-order valence-electron chi connectivity index (χ1n) is 7.51. The van der Waals surface area contributed by atoms with Crippen molar-refractivity contribution in [2.45, 2.75) is 31.8 Å². The molecule has 2 rings (SSSR count). The molecule has 3 N–H and O–H groups in total. The lowest BCUT2D eigenvalue weighted by Gasteiger charge is -2.28. The molecule has 4 nitrogen and oxygen atoms in total. The van der Waals surface area contributed by atoms with Crippen molar-refractivity contribution in [3.8, 4) is 0 Å². The maximum Gasteiger partial charge on any atom is 0.234 e. The molecule has 1 fully saturated rings. The molecule has 2 atom stereocenters. The number of hydrogen-bond acceptors (Lipinski definition) is 3. The Labute approximate surface area is 131 Å². The number of nitrogens with zero attached hydrogens (tertiary/aromatic N) is 1. The highest BCUT2D eigenvalue weighted by molar-refractivity contribution is 6.30. The van der Waals surface area contributed by atoms with Crippen molar-refractivity contribution >= 4 is 17.5 Å². The van der Waals surface area contributed by atoms with Crippen molar-refractivity contribution in [3.05, 3.63) is 34.9 Å². The van der Waals surface area contributed by atoms with Gasteiger partial charge in [-0.15, -0.1) is 0 Å². The minimum absolute atomic E-state index is 0.0510. The van der Waals surface area contributed by atoms with Crippen LogP contribution < -0.4 is 11.1 Å². The largest absolute Gasteiger partial charge is 0.351 e. The Bertz CT molecular complexity index is 463. The summed E-state index contributed by atoms with van der Waals surface area (Å²) in [7, 11) is 2.01. The zero-order valence-corrected chi connectivity index (χ0v) is 13.3. The van der Waals surface area contributed by atoms with Crippen LogP contribution in [0.4, 0.5) is 0 Å². The lowest BCUT2D eigenvalue weighted by molar-refractivity contribution is -0.122. The van der Waals surface area contributed by atoms with Gasteiger partial charge in [-0.3, -0.25) is 9.69 Å². The number of carbonyl (C=O) groups excluding carboxylic acids is 1. The van der Waals surface area contributed by atoms with Gasteiger partial charge in [-0.1, -0.05) is 30.2 Å². The predicted octanol–water partition coefficient (Wildman–Crippen LogP) is 2.02. The fraction of sp³-hybridized carbons (Fsp3) is 0.562. The molecule has 0 aromatic heterocycles. The standard InChI is InChI=1S/C16H24ClN3O/c1-20(15-4-2-3-13(15)9-18)11-16(21)19-10-12-5-7-14(17)8-6-12/h5-8,13,15H,2-4,9-11,18H2,1H3,(H,19,21). The van der Waals surface area contributed by atoms with Crippen molar-refractivity contribution in [2.75, 3.05) is 20.1 Å². The molecule has 21 heavy (non-hydrogen) atoms. The number of amides is 1. The summed E-state index contributed by atoms with van der Waals surface area (Å²) in [6.07, 6.45) is 3.53. The summed E-state index contributed by atoms with van der Waals surface area (Å²) < 4.78 is 0. The number of hydrogen-bond donors (Lipinski definition) is 2. The number of likely N-dealkylation sites (N-methyl/N-ethyl adjacent to an activating group) is 1. The van der Waals surface area contributed by atoms with Gasteiger partial charge in [-0.2, -0.15) is 0 Å². The Kier molecular flexibility index (Phi) is 6.03. The van der Waals surface area contributed by atoms with Crippen LogP contribution >= 0.6 is 11.6 Å². The molecule has 1 aromatic rings. The summed E-state index contributed by atoms with van der Waals surface area (Å²) in [4.78, 5) is 14.2. The number of carbonyl (C=O) groups is 1. The monoisotopic (exact) mass is 309 g/mol. The molecule has 2 unspecified atom stereocenters. The zero-order chi connectivity index (χ0) is 15.2. The summed E-state index contributed by atoms with van der Waals surface area (Å²) in [6, 6.07) is 7.96. The van der Waals surface area contributed by atoms with Crippen LogP contribution in [0.1, 0.15) is 24.8 Å². The van der Waals surface area contributed by atoms with Crippen LogP contribution in [0, 0.1) is 5.92 Å². The first-order valence-corrected chi connectivity index (χ1v) is 7.89. The van der Waals surface area contributed by atoms with Crippen molar-refractivity contribution in [1.29, 1.82) is 0 Å². The van der Waals surface area contributed by atoms with Crippen LogP contribution in [-0.2, 0) is 11.3 Å². The maximum absolute atomic E-state index is 12.0. The Balaban J connectivity index is 1.77. The topological polar surface area (TPSA) is 58.4 Å². The third-order valence-electron chi connectivity index (χ3n) is 4.28. The molecular formula is C16H24ClN3O. The van der Waals surface area contributed by atoms with Crippen molar-refractivity contribution in [3.63, 3.8) is 0 Å². The summed E-state index contributed by atoms with van der Waals surface area (Å²) in [6.45, 7) is 1.67. The van der Waals surface area contributed by atoms with Crippen LogP contribution in [0.3, 0.4) is 0 Å². The molecule has 0 radical (unpaired) electrons. The Hall–Kier alpha value is -1.10. The first kappa shape index (κ1) is 16.3. The maximum atomic E-state index is 12.0. The Morgan fingerprint density at radius 3 is 2.76 bits per heavy atom. The van der Waals surface area contributed by atoms with Crippen molar-refractivity contribution in [1.82, 2.24) is 10.2 Å². The van der Waals surface area contributed by atoms with Gasteiger partial charge in [0, 0.05) is 17.6 Å². The van der Waals surface area contributed by atoms with Gasteiger partial charge >= 0.3 is 0 Å². The quantitative estimate of drug-likeness (QED) is 0.845. The van der Waals surface area contributed by atoms with Gasteiger partial charge in [0.05, 0.1) is 6.54 Å². The highest BCUT2D eigenvalue weighted by atomic mass is 35.5. The Morgan fingerprint density at radius 2 is 2.10 bits per heavy atom. The summed E-state index contributed by atoms with van der Waals surface area (Å²) in [5.74, 6) is 0.578. The van der Waals surface area contributed by atoms with Gasteiger partial charge in [0.25, 0.3) is 0 Å². The van der Waals surface area contributed by atoms with Crippen molar-refractivity contribution < 1.29 is 4.79 Å². The zero-order valence-electron chi connectivity index (χ0n) is 12.5. The van der Waals surface area contributed by atoms with Crippen LogP contribution in [0.5, 0.6) is 0 Å². The van der Waals surface area contributed by atoms with Gasteiger partial charge in [0.1, 0.15) is 0 Å². The van der Waals surface area contributed by atoms with Crippen LogP contribution in [-0.4, -0.2) is 37.0 Å². The summed E-state index contributed by atoms with van der Waals surface area (Å²) >= 11 is 5.84. The van der Waals surface area contributed by atoms with Gasteiger partial charge in [-0.25, -0.2) is 0 Å². The van der Waals surface area contributed by atoms with Crippen LogP contribution in [0.2, 0.25) is 5.02 Å². The molecule has 5 heteroatoms. The average molecular weight is 310 g/mol. The van der Waals surface area contributed by atoms with Gasteiger partial charge in [-0.05, 0) is 50.0 Å². The number of halogens is 1. The summed E-state index contributed by atoms with van der Waals surface area (Å²) in [5.41, 5.74) is 6.85. The number of benzene rings is 1. The van der Waals surface area contributed by atoms with Crippen LogP contribution in [0.25, 0.3) is 0 Å². The molecule has 0 saturated heterocycles. The molecular weight excluding hydrogens is 286 g/mol. The minimum Gasteiger partial charge on any atom is -0.351 e. The first-order chi connectivity index (χ1) is 10.1. The molecule has 0 heterocycles. The number of rotatable bonds is 6. The van der Waals surface area contributed by atoms with Gasteiger partial charge in [0.15, 0.2) is 0 Å². The fourth-order valence-electron chi connectivity index (χ4n) is 3.08. The van der Waals surface area contributed by atoms with Crippen molar-refractivity contribution in [2.24, 2.45) is 11.7 Å².